The van der Waals surface area contributed by atoms with Gasteiger partial charge in [0, 0.05) is 12.7 Å². The van der Waals surface area contributed by atoms with E-state index in [2.05, 4.69) is 10.1 Å². The molecule has 0 spiro atoms. The van der Waals surface area contributed by atoms with Gasteiger partial charge in [0.25, 0.3) is 0 Å². The molecule has 19 heavy (non-hydrogen) atoms. The van der Waals surface area contributed by atoms with Gasteiger partial charge in [-0.05, 0) is 32.6 Å². The van der Waals surface area contributed by atoms with Crippen molar-refractivity contribution in [2.45, 2.75) is 32.6 Å². The van der Waals surface area contributed by atoms with E-state index in [1.165, 1.54) is 0 Å². The number of carboxylic acid groups (broad SMARTS) is 1. The van der Waals surface area contributed by atoms with Crippen LogP contribution in [-0.2, 0) is 19.9 Å². The van der Waals surface area contributed by atoms with E-state index in [1.807, 2.05) is 4.57 Å². The van der Waals surface area contributed by atoms with Gasteiger partial charge in [0.2, 0.25) is 0 Å². The number of nitrogens with zero attached hydrogens (tertiary/aromatic N) is 4. The molecule has 6 nitrogen and oxygen atoms in total. The van der Waals surface area contributed by atoms with Crippen molar-refractivity contribution < 1.29 is 9.90 Å². The number of fused-ring (bicyclic) bond motifs is 1. The van der Waals surface area contributed by atoms with Crippen LogP contribution in [0.4, 0.5) is 0 Å². The third-order valence-corrected chi connectivity index (χ3v) is 3.66. The second-order valence-electron chi connectivity index (χ2n) is 4.93. The molecule has 1 aliphatic carbocycles. The molecular weight excluding hydrogens is 244 g/mol. The molecule has 0 atom stereocenters. The SMILES string of the molecule is Cc1nn(C)c(-n2cnc3c2CCCC3)c1C(=O)O. The molecule has 2 heterocycles. The molecule has 100 valence electrons. The number of carboxylic acids is 1. The number of rotatable bonds is 2. The van der Waals surface area contributed by atoms with Crippen LogP contribution < -0.4 is 0 Å². The Morgan fingerprint density at radius 1 is 1.37 bits per heavy atom. The van der Waals surface area contributed by atoms with Crippen LogP contribution in [-0.4, -0.2) is 30.4 Å². The number of carbonyl (C=O) groups is 1. The minimum Gasteiger partial charge on any atom is -0.477 e. The highest BCUT2D eigenvalue weighted by Gasteiger charge is 2.25. The van der Waals surface area contributed by atoms with E-state index in [9.17, 15) is 9.90 Å². The van der Waals surface area contributed by atoms with E-state index in [0.29, 0.717) is 11.5 Å². The van der Waals surface area contributed by atoms with Gasteiger partial charge in [0.15, 0.2) is 5.82 Å². The van der Waals surface area contributed by atoms with Crippen LogP contribution in [0.15, 0.2) is 6.33 Å². The summed E-state index contributed by atoms with van der Waals surface area (Å²) < 4.78 is 3.51. The van der Waals surface area contributed by atoms with Crippen molar-refractivity contribution in [3.05, 3.63) is 29.0 Å². The van der Waals surface area contributed by atoms with Crippen LogP contribution in [0.25, 0.3) is 5.82 Å². The smallest absolute Gasteiger partial charge is 0.341 e. The average molecular weight is 260 g/mol. The van der Waals surface area contributed by atoms with Crippen molar-refractivity contribution in [3.8, 4) is 5.82 Å². The maximum absolute atomic E-state index is 11.4. The van der Waals surface area contributed by atoms with Gasteiger partial charge in [-0.3, -0.25) is 9.25 Å². The van der Waals surface area contributed by atoms with E-state index in [1.54, 1.807) is 25.0 Å². The van der Waals surface area contributed by atoms with Crippen LogP contribution in [0.3, 0.4) is 0 Å². The first-order chi connectivity index (χ1) is 9.09. The maximum Gasteiger partial charge on any atom is 0.341 e. The number of hydrogen-bond donors (Lipinski definition) is 1. The summed E-state index contributed by atoms with van der Waals surface area (Å²) in [7, 11) is 1.77. The Kier molecular flexibility index (Phi) is 2.66. The molecule has 0 aliphatic heterocycles. The molecule has 2 aromatic heterocycles. The fraction of sp³-hybridized carbons (Fsp3) is 0.462. The molecule has 0 aromatic carbocycles. The predicted octanol–water partition coefficient (Wildman–Crippen LogP) is 1.49. The molecule has 0 amide bonds. The molecule has 0 radical (unpaired) electrons. The second-order valence-corrected chi connectivity index (χ2v) is 4.93. The minimum atomic E-state index is -0.946. The van der Waals surface area contributed by atoms with Crippen LogP contribution in [0, 0.1) is 6.92 Å². The Bertz CT molecular complexity index is 654. The third kappa shape index (κ3) is 1.75. The Balaban J connectivity index is 2.22. The van der Waals surface area contributed by atoms with Crippen molar-refractivity contribution in [2.24, 2.45) is 7.05 Å². The third-order valence-electron chi connectivity index (χ3n) is 3.66. The minimum absolute atomic E-state index is 0.258. The summed E-state index contributed by atoms with van der Waals surface area (Å²) >= 11 is 0. The van der Waals surface area contributed by atoms with E-state index < -0.39 is 5.97 Å². The van der Waals surface area contributed by atoms with Gasteiger partial charge in [-0.15, -0.1) is 0 Å². The zero-order valence-electron chi connectivity index (χ0n) is 11.1. The standard InChI is InChI=1S/C13H16N4O2/c1-8-11(13(18)19)12(16(2)15-8)17-7-14-9-5-3-4-6-10(9)17/h7H,3-6H2,1-2H3,(H,18,19). The molecule has 0 saturated carbocycles. The van der Waals surface area contributed by atoms with Crippen LogP contribution in [0.5, 0.6) is 0 Å². The van der Waals surface area contributed by atoms with Crippen molar-refractivity contribution in [1.29, 1.82) is 0 Å². The average Bonchev–Trinajstić information content (AvgIpc) is 2.89. The normalized spacial score (nSPS) is 14.4. The summed E-state index contributed by atoms with van der Waals surface area (Å²) in [6.07, 6.45) is 5.91. The van der Waals surface area contributed by atoms with Gasteiger partial charge in [0.05, 0.1) is 11.4 Å². The summed E-state index contributed by atoms with van der Waals surface area (Å²) in [4.78, 5) is 15.8. The fourth-order valence-electron chi connectivity index (χ4n) is 2.82. The summed E-state index contributed by atoms with van der Waals surface area (Å²) in [5, 5.41) is 13.6. The van der Waals surface area contributed by atoms with Crippen LogP contribution >= 0.6 is 0 Å². The zero-order valence-corrected chi connectivity index (χ0v) is 11.1. The molecular formula is C13H16N4O2. The number of hydrogen-bond acceptors (Lipinski definition) is 3. The Hall–Kier alpha value is -2.11. The predicted molar refractivity (Wildman–Crippen MR) is 68.7 cm³/mol. The van der Waals surface area contributed by atoms with E-state index >= 15 is 0 Å². The topological polar surface area (TPSA) is 72.9 Å². The Morgan fingerprint density at radius 3 is 2.84 bits per heavy atom. The lowest BCUT2D eigenvalue weighted by molar-refractivity contribution is 0.0696. The van der Waals surface area contributed by atoms with Gasteiger partial charge in [0.1, 0.15) is 11.9 Å². The molecule has 0 fully saturated rings. The lowest BCUT2D eigenvalue weighted by atomic mass is 10.0. The Labute approximate surface area is 110 Å². The highest BCUT2D eigenvalue weighted by molar-refractivity contribution is 5.92. The van der Waals surface area contributed by atoms with Crippen LogP contribution in [0.2, 0.25) is 0 Å². The fourth-order valence-corrected chi connectivity index (χ4v) is 2.82. The highest BCUT2D eigenvalue weighted by Crippen LogP contribution is 2.25. The molecule has 1 N–H and O–H groups in total. The zero-order chi connectivity index (χ0) is 13.6. The van der Waals surface area contributed by atoms with E-state index in [0.717, 1.165) is 37.1 Å². The molecule has 2 aromatic rings. The van der Waals surface area contributed by atoms with Crippen molar-refractivity contribution in [2.75, 3.05) is 0 Å². The van der Waals surface area contributed by atoms with Crippen molar-refractivity contribution in [1.82, 2.24) is 19.3 Å². The number of aromatic nitrogens is 4. The number of aromatic carboxylic acids is 1. The van der Waals surface area contributed by atoms with Gasteiger partial charge in [-0.25, -0.2) is 9.78 Å². The lowest BCUT2D eigenvalue weighted by Gasteiger charge is -2.14. The maximum atomic E-state index is 11.4. The quantitative estimate of drug-likeness (QED) is 0.888. The first kappa shape index (κ1) is 12.0. The number of imidazole rings is 1. The summed E-state index contributed by atoms with van der Waals surface area (Å²) in [6, 6.07) is 0. The molecule has 3 rings (SSSR count). The van der Waals surface area contributed by atoms with Gasteiger partial charge >= 0.3 is 5.97 Å². The van der Waals surface area contributed by atoms with E-state index in [-0.39, 0.29) is 5.56 Å². The molecule has 1 aliphatic rings. The summed E-state index contributed by atoms with van der Waals surface area (Å²) in [5.74, 6) is -0.348. The van der Waals surface area contributed by atoms with Gasteiger partial charge < -0.3 is 5.11 Å². The number of aryl methyl sites for hydroxylation is 3. The molecule has 0 bridgehead atoms. The largest absolute Gasteiger partial charge is 0.477 e. The van der Waals surface area contributed by atoms with Crippen molar-refractivity contribution in [3.63, 3.8) is 0 Å². The summed E-state index contributed by atoms with van der Waals surface area (Å²) in [6.45, 7) is 1.72. The van der Waals surface area contributed by atoms with Crippen molar-refractivity contribution >= 4 is 5.97 Å². The molecule has 6 heteroatoms. The van der Waals surface area contributed by atoms with Crippen LogP contribution in [0.1, 0.15) is 40.3 Å². The lowest BCUT2D eigenvalue weighted by Crippen LogP contribution is -2.13. The highest BCUT2D eigenvalue weighted by atomic mass is 16.4. The Morgan fingerprint density at radius 2 is 2.11 bits per heavy atom. The molecule has 0 saturated heterocycles. The first-order valence-electron chi connectivity index (χ1n) is 6.42. The van der Waals surface area contributed by atoms with Gasteiger partial charge in [-0.2, -0.15) is 5.10 Å². The molecule has 0 unspecified atom stereocenters. The first-order valence-corrected chi connectivity index (χ1v) is 6.42. The van der Waals surface area contributed by atoms with E-state index in [4.69, 9.17) is 0 Å². The monoisotopic (exact) mass is 260 g/mol. The summed E-state index contributed by atoms with van der Waals surface area (Å²) in [5.41, 5.74) is 3.00. The van der Waals surface area contributed by atoms with Gasteiger partial charge in [-0.1, -0.05) is 0 Å². The second kappa shape index (κ2) is 4.22.